The van der Waals surface area contributed by atoms with Crippen molar-refractivity contribution in [2.45, 2.75) is 5.75 Å². The third-order valence-electron chi connectivity index (χ3n) is 1.75. The van der Waals surface area contributed by atoms with Crippen molar-refractivity contribution < 1.29 is 9.52 Å². The molecular formula is C9H8O2S. The van der Waals surface area contributed by atoms with Gasteiger partial charge in [-0.15, -0.1) is 0 Å². The van der Waals surface area contributed by atoms with E-state index >= 15 is 0 Å². The zero-order chi connectivity index (χ0) is 8.55. The molecule has 12 heavy (non-hydrogen) atoms. The van der Waals surface area contributed by atoms with Gasteiger partial charge in [0.05, 0.1) is 5.39 Å². The molecule has 0 bridgehead atoms. The number of thiol groups is 1. The Morgan fingerprint density at radius 1 is 1.42 bits per heavy atom. The minimum absolute atomic E-state index is 0.254. The van der Waals surface area contributed by atoms with Crippen LogP contribution in [-0.2, 0) is 5.75 Å². The molecule has 0 aliphatic carbocycles. The van der Waals surface area contributed by atoms with Gasteiger partial charge in [0, 0.05) is 5.75 Å². The average molecular weight is 180 g/mol. The summed E-state index contributed by atoms with van der Waals surface area (Å²) >= 11 is 4.08. The van der Waals surface area contributed by atoms with Crippen molar-refractivity contribution in [1.29, 1.82) is 0 Å². The van der Waals surface area contributed by atoms with Crippen LogP contribution >= 0.6 is 12.6 Å². The lowest BCUT2D eigenvalue weighted by Gasteiger charge is -1.89. The summed E-state index contributed by atoms with van der Waals surface area (Å²) in [5.74, 6) is 1.58. The predicted octanol–water partition coefficient (Wildman–Crippen LogP) is 2.57. The molecule has 0 aliphatic heterocycles. The first-order valence-electron chi connectivity index (χ1n) is 3.62. The first kappa shape index (κ1) is 7.55. The first-order valence-corrected chi connectivity index (χ1v) is 4.26. The Morgan fingerprint density at radius 3 is 2.92 bits per heavy atom. The first-order chi connectivity index (χ1) is 5.81. The highest BCUT2D eigenvalue weighted by Gasteiger charge is 2.04. The van der Waals surface area contributed by atoms with E-state index in [0.29, 0.717) is 11.3 Å². The monoisotopic (exact) mass is 180 g/mol. The fraction of sp³-hybridized carbons (Fsp3) is 0.111. The normalized spacial score (nSPS) is 10.8. The molecule has 0 spiro atoms. The summed E-state index contributed by atoms with van der Waals surface area (Å²) in [5, 5.41) is 10.1. The van der Waals surface area contributed by atoms with Gasteiger partial charge < -0.3 is 9.52 Å². The molecule has 62 valence electrons. The van der Waals surface area contributed by atoms with Crippen LogP contribution in [0.15, 0.2) is 28.7 Å². The van der Waals surface area contributed by atoms with Gasteiger partial charge in [-0.1, -0.05) is 6.07 Å². The molecule has 0 amide bonds. The Labute approximate surface area is 75.2 Å². The minimum atomic E-state index is 0.254. The third-order valence-corrected chi connectivity index (χ3v) is 2.06. The summed E-state index contributed by atoms with van der Waals surface area (Å²) in [4.78, 5) is 0. The van der Waals surface area contributed by atoms with Crippen molar-refractivity contribution in [3.05, 3.63) is 30.0 Å². The number of benzene rings is 1. The molecule has 2 rings (SSSR count). The average Bonchev–Trinajstić information content (AvgIpc) is 2.49. The summed E-state index contributed by atoms with van der Waals surface area (Å²) in [7, 11) is 0. The molecule has 1 N–H and O–H groups in total. The summed E-state index contributed by atoms with van der Waals surface area (Å²) < 4.78 is 5.36. The van der Waals surface area contributed by atoms with E-state index in [-0.39, 0.29) is 5.75 Å². The maximum Gasteiger partial charge on any atom is 0.138 e. The van der Waals surface area contributed by atoms with Crippen LogP contribution in [0.2, 0.25) is 0 Å². The molecule has 2 nitrogen and oxygen atoms in total. The molecular weight excluding hydrogens is 172 g/mol. The lowest BCUT2D eigenvalue weighted by molar-refractivity contribution is 0.481. The molecule has 0 radical (unpaired) electrons. The number of furan rings is 1. The number of phenolic OH excluding ortho intramolecular Hbond substituents is 1. The quantitative estimate of drug-likeness (QED) is 0.661. The second-order valence-electron chi connectivity index (χ2n) is 2.56. The topological polar surface area (TPSA) is 33.4 Å². The number of aromatic hydroxyl groups is 1. The van der Waals surface area contributed by atoms with E-state index in [1.165, 1.54) is 0 Å². The Morgan fingerprint density at radius 2 is 2.25 bits per heavy atom. The summed E-state index contributed by atoms with van der Waals surface area (Å²) in [6.07, 6.45) is 0. The van der Waals surface area contributed by atoms with Crippen molar-refractivity contribution in [1.82, 2.24) is 0 Å². The molecule has 0 unspecified atom stereocenters. The van der Waals surface area contributed by atoms with Crippen molar-refractivity contribution >= 4 is 23.6 Å². The van der Waals surface area contributed by atoms with Gasteiger partial charge in [0.15, 0.2) is 0 Å². The summed E-state index contributed by atoms with van der Waals surface area (Å²) in [5.41, 5.74) is 0.707. The maximum atomic E-state index is 9.40. The molecule has 0 fully saturated rings. The van der Waals surface area contributed by atoms with Crippen LogP contribution in [0.3, 0.4) is 0 Å². The number of rotatable bonds is 1. The largest absolute Gasteiger partial charge is 0.507 e. The molecule has 0 aliphatic rings. The van der Waals surface area contributed by atoms with Gasteiger partial charge in [-0.05, 0) is 18.2 Å². The fourth-order valence-corrected chi connectivity index (χ4v) is 1.33. The van der Waals surface area contributed by atoms with Gasteiger partial charge in [-0.25, -0.2) is 0 Å². The lowest BCUT2D eigenvalue weighted by atomic mass is 10.2. The Bertz CT molecular complexity index is 406. The third kappa shape index (κ3) is 1.06. The lowest BCUT2D eigenvalue weighted by Crippen LogP contribution is -1.64. The standard InChI is InChI=1S/C9H8O2S/c10-8-2-1-3-9-7(8)4-6(5-12)11-9/h1-4,10,12H,5H2. The van der Waals surface area contributed by atoms with Crippen LogP contribution in [0, 0.1) is 0 Å². The highest BCUT2D eigenvalue weighted by Crippen LogP contribution is 2.27. The fourth-order valence-electron chi connectivity index (χ4n) is 1.18. The number of fused-ring (bicyclic) bond motifs is 1. The van der Waals surface area contributed by atoms with Gasteiger partial charge in [0.25, 0.3) is 0 Å². The highest BCUT2D eigenvalue weighted by atomic mass is 32.1. The number of phenols is 1. The van der Waals surface area contributed by atoms with E-state index in [4.69, 9.17) is 4.42 Å². The van der Waals surface area contributed by atoms with Gasteiger partial charge >= 0.3 is 0 Å². The van der Waals surface area contributed by atoms with Gasteiger partial charge in [0.2, 0.25) is 0 Å². The van der Waals surface area contributed by atoms with Crippen molar-refractivity contribution in [2.75, 3.05) is 0 Å². The minimum Gasteiger partial charge on any atom is -0.507 e. The number of hydrogen-bond donors (Lipinski definition) is 2. The highest BCUT2D eigenvalue weighted by molar-refractivity contribution is 7.79. The van der Waals surface area contributed by atoms with Crippen LogP contribution in [0.25, 0.3) is 11.0 Å². The van der Waals surface area contributed by atoms with Crippen LogP contribution in [-0.4, -0.2) is 5.11 Å². The molecule has 0 saturated heterocycles. The van der Waals surface area contributed by atoms with E-state index < -0.39 is 0 Å². The van der Waals surface area contributed by atoms with E-state index in [0.717, 1.165) is 11.1 Å². The zero-order valence-electron chi connectivity index (χ0n) is 6.32. The summed E-state index contributed by atoms with van der Waals surface area (Å²) in [6, 6.07) is 7.02. The van der Waals surface area contributed by atoms with E-state index in [9.17, 15) is 5.11 Å². The van der Waals surface area contributed by atoms with Crippen molar-refractivity contribution in [2.24, 2.45) is 0 Å². The Hall–Kier alpha value is -1.09. The second kappa shape index (κ2) is 2.75. The van der Waals surface area contributed by atoms with Crippen LogP contribution < -0.4 is 0 Å². The SMILES string of the molecule is Oc1cccc2oc(CS)cc12. The van der Waals surface area contributed by atoms with Gasteiger partial charge in [0.1, 0.15) is 17.1 Å². The second-order valence-corrected chi connectivity index (χ2v) is 2.88. The van der Waals surface area contributed by atoms with E-state index in [2.05, 4.69) is 12.6 Å². The Balaban J connectivity index is 2.74. The van der Waals surface area contributed by atoms with Crippen LogP contribution in [0.4, 0.5) is 0 Å². The number of hydrogen-bond acceptors (Lipinski definition) is 3. The predicted molar refractivity (Wildman–Crippen MR) is 50.6 cm³/mol. The van der Waals surface area contributed by atoms with Crippen molar-refractivity contribution in [3.8, 4) is 5.75 Å². The summed E-state index contributed by atoms with van der Waals surface area (Å²) in [6.45, 7) is 0. The van der Waals surface area contributed by atoms with E-state index in [1.54, 1.807) is 18.2 Å². The molecule has 1 aromatic carbocycles. The zero-order valence-corrected chi connectivity index (χ0v) is 7.21. The molecule has 2 aromatic rings. The smallest absolute Gasteiger partial charge is 0.138 e. The molecule has 1 aromatic heterocycles. The van der Waals surface area contributed by atoms with Crippen LogP contribution in [0.1, 0.15) is 5.76 Å². The van der Waals surface area contributed by atoms with Crippen molar-refractivity contribution in [3.63, 3.8) is 0 Å². The van der Waals surface area contributed by atoms with Gasteiger partial charge in [-0.2, -0.15) is 12.6 Å². The molecule has 0 atom stereocenters. The maximum absolute atomic E-state index is 9.40. The van der Waals surface area contributed by atoms with Crippen LogP contribution in [0.5, 0.6) is 5.75 Å². The Kier molecular flexibility index (Phi) is 1.73. The molecule has 1 heterocycles. The van der Waals surface area contributed by atoms with E-state index in [1.807, 2.05) is 6.07 Å². The van der Waals surface area contributed by atoms with Gasteiger partial charge in [-0.3, -0.25) is 0 Å². The molecule has 3 heteroatoms. The molecule has 0 saturated carbocycles.